The number of hydrogen-bond donors (Lipinski definition) is 2. The van der Waals surface area contributed by atoms with Crippen LogP contribution >= 0.6 is 0 Å². The van der Waals surface area contributed by atoms with Crippen LogP contribution in [-0.2, 0) is 9.53 Å². The van der Waals surface area contributed by atoms with Crippen LogP contribution in [0.1, 0.15) is 10.4 Å². The van der Waals surface area contributed by atoms with Gasteiger partial charge in [-0.3, -0.25) is 14.6 Å². The van der Waals surface area contributed by atoms with E-state index >= 15 is 0 Å². The van der Waals surface area contributed by atoms with E-state index in [1.807, 2.05) is 11.0 Å². The van der Waals surface area contributed by atoms with Gasteiger partial charge in [0.05, 0.1) is 13.2 Å². The lowest BCUT2D eigenvalue weighted by Gasteiger charge is -2.25. The maximum atomic E-state index is 11.9. The smallest absolute Gasteiger partial charge is 0.271 e. The molecule has 1 aliphatic rings. The maximum Gasteiger partial charge on any atom is 0.271 e. The van der Waals surface area contributed by atoms with Crippen molar-refractivity contribution >= 4 is 18.2 Å². The van der Waals surface area contributed by atoms with Crippen LogP contribution < -0.4 is 10.7 Å². The molecule has 1 aromatic heterocycles. The second-order valence-corrected chi connectivity index (χ2v) is 4.71. The molecular weight excluding hydrogens is 312 g/mol. The summed E-state index contributed by atoms with van der Waals surface area (Å²) >= 11 is 0. The number of pyridine rings is 1. The minimum atomic E-state index is -0.606. The van der Waals surface area contributed by atoms with Crippen LogP contribution in [0.2, 0.25) is 0 Å². The quantitative estimate of drug-likeness (QED) is 0.250. The Balaban J connectivity index is 1.83. The number of hydrazone groups is 1. The number of rotatable bonds is 5. The first-order valence-corrected chi connectivity index (χ1v) is 7.17. The van der Waals surface area contributed by atoms with E-state index in [2.05, 4.69) is 20.8 Å². The predicted molar refractivity (Wildman–Crippen MR) is 84.4 cm³/mol. The van der Waals surface area contributed by atoms with Gasteiger partial charge in [-0.15, -0.1) is 0 Å². The number of morpholine rings is 1. The fourth-order valence-corrected chi connectivity index (χ4v) is 1.85. The number of carbonyl (C=O) groups excluding carboxylic acids is 2. The van der Waals surface area contributed by atoms with Gasteiger partial charge in [-0.1, -0.05) is 0 Å². The van der Waals surface area contributed by atoms with Gasteiger partial charge in [0.25, 0.3) is 11.8 Å². The zero-order valence-electron chi connectivity index (χ0n) is 12.8. The lowest BCUT2D eigenvalue weighted by atomic mass is 10.3. The average Bonchev–Trinajstić information content (AvgIpc) is 2.64. The molecule has 24 heavy (non-hydrogen) atoms. The fourth-order valence-electron chi connectivity index (χ4n) is 1.85. The predicted octanol–water partition coefficient (Wildman–Crippen LogP) is -0.389. The van der Waals surface area contributed by atoms with Crippen LogP contribution in [-0.4, -0.2) is 54.3 Å². The van der Waals surface area contributed by atoms with Crippen molar-refractivity contribution in [2.75, 3.05) is 26.3 Å². The van der Waals surface area contributed by atoms with Crippen molar-refractivity contribution in [3.63, 3.8) is 0 Å². The molecule has 0 atom stereocenters. The molecule has 1 aromatic rings. The summed E-state index contributed by atoms with van der Waals surface area (Å²) in [5.74, 6) is -1.04. The number of carbonyl (C=O) groups is 2. The topological polar surface area (TPSA) is 120 Å². The highest BCUT2D eigenvalue weighted by Crippen LogP contribution is 2.02. The molecule has 1 aliphatic heterocycles. The number of aromatic nitrogens is 1. The van der Waals surface area contributed by atoms with Crippen molar-refractivity contribution in [3.8, 4) is 6.07 Å². The monoisotopic (exact) mass is 328 g/mol. The summed E-state index contributed by atoms with van der Waals surface area (Å²) in [6.45, 7) is 2.35. The highest BCUT2D eigenvalue weighted by molar-refractivity contribution is 6.03. The minimum Gasteiger partial charge on any atom is -0.378 e. The van der Waals surface area contributed by atoms with Gasteiger partial charge >= 0.3 is 0 Å². The van der Waals surface area contributed by atoms with Gasteiger partial charge in [0.15, 0.2) is 0 Å². The molecule has 2 N–H and O–H groups in total. The van der Waals surface area contributed by atoms with Crippen LogP contribution in [0.4, 0.5) is 0 Å². The summed E-state index contributed by atoms with van der Waals surface area (Å²) in [4.78, 5) is 29.2. The highest BCUT2D eigenvalue weighted by atomic mass is 16.5. The van der Waals surface area contributed by atoms with E-state index in [9.17, 15) is 9.59 Å². The van der Waals surface area contributed by atoms with Crippen LogP contribution in [0.15, 0.2) is 41.4 Å². The summed E-state index contributed by atoms with van der Waals surface area (Å²) in [7, 11) is 0. The summed E-state index contributed by atoms with van der Waals surface area (Å²) < 4.78 is 5.19. The van der Waals surface area contributed by atoms with Gasteiger partial charge < -0.3 is 15.0 Å². The van der Waals surface area contributed by atoms with Crippen molar-refractivity contribution in [2.24, 2.45) is 5.10 Å². The van der Waals surface area contributed by atoms with E-state index in [1.165, 1.54) is 30.7 Å². The number of ether oxygens (including phenoxy) is 1. The number of amides is 2. The fraction of sp³-hybridized carbons (Fsp3) is 0.267. The van der Waals surface area contributed by atoms with Crippen LogP contribution in [0.25, 0.3) is 0 Å². The molecule has 124 valence electrons. The van der Waals surface area contributed by atoms with Crippen molar-refractivity contribution in [2.45, 2.75) is 0 Å². The zero-order valence-corrected chi connectivity index (χ0v) is 12.8. The standard InChI is InChI=1S/C15H16N6O3/c16-9-13(10-21-5-7-24-8-6-21)14(22)18-11-19-20-15(23)12-1-3-17-4-2-12/h1-4,10-11H,5-8H2,(H,20,23)(H,18,19,22). The molecule has 9 nitrogen and oxygen atoms in total. The van der Waals surface area contributed by atoms with Crippen molar-refractivity contribution < 1.29 is 14.3 Å². The van der Waals surface area contributed by atoms with E-state index < -0.39 is 11.8 Å². The van der Waals surface area contributed by atoms with Crippen LogP contribution in [0.5, 0.6) is 0 Å². The molecular formula is C15H16N6O3. The van der Waals surface area contributed by atoms with E-state index in [1.54, 1.807) is 0 Å². The first-order chi connectivity index (χ1) is 11.7. The summed E-state index contributed by atoms with van der Waals surface area (Å²) in [6.07, 6.45) is 5.47. The minimum absolute atomic E-state index is 0.0520. The second-order valence-electron chi connectivity index (χ2n) is 4.71. The first-order valence-electron chi connectivity index (χ1n) is 7.17. The van der Waals surface area contributed by atoms with Crippen LogP contribution in [0.3, 0.4) is 0 Å². The molecule has 0 saturated carbocycles. The number of nitriles is 1. The third-order valence-electron chi connectivity index (χ3n) is 3.09. The molecule has 0 radical (unpaired) electrons. The molecule has 1 saturated heterocycles. The van der Waals surface area contributed by atoms with Gasteiger partial charge in [-0.25, -0.2) is 5.43 Å². The Kier molecular flexibility index (Phi) is 6.43. The highest BCUT2D eigenvalue weighted by Gasteiger charge is 2.12. The molecule has 2 rings (SSSR count). The molecule has 9 heteroatoms. The third kappa shape index (κ3) is 5.19. The zero-order chi connectivity index (χ0) is 17.2. The normalized spacial score (nSPS) is 15.0. The van der Waals surface area contributed by atoms with Gasteiger partial charge in [-0.05, 0) is 12.1 Å². The van der Waals surface area contributed by atoms with E-state index in [0.717, 1.165) is 6.34 Å². The van der Waals surface area contributed by atoms with E-state index in [0.29, 0.717) is 31.9 Å². The Labute approximate surface area is 138 Å². The lowest BCUT2D eigenvalue weighted by molar-refractivity contribution is -0.115. The third-order valence-corrected chi connectivity index (χ3v) is 3.09. The summed E-state index contributed by atoms with van der Waals surface area (Å²) in [5, 5.41) is 15.0. The molecule has 1 fully saturated rings. The molecule has 2 heterocycles. The molecule has 0 bridgehead atoms. The van der Waals surface area contributed by atoms with Crippen LogP contribution in [0, 0.1) is 11.3 Å². The molecule has 2 amide bonds. The molecule has 0 spiro atoms. The van der Waals surface area contributed by atoms with Crippen molar-refractivity contribution in [1.29, 1.82) is 5.26 Å². The van der Waals surface area contributed by atoms with Crippen molar-refractivity contribution in [3.05, 3.63) is 41.9 Å². The average molecular weight is 328 g/mol. The Morgan fingerprint density at radius 1 is 1.33 bits per heavy atom. The molecule has 0 unspecified atom stereocenters. The largest absolute Gasteiger partial charge is 0.378 e. The Morgan fingerprint density at radius 3 is 2.71 bits per heavy atom. The number of nitrogens with one attached hydrogen (secondary N) is 2. The van der Waals surface area contributed by atoms with Gasteiger partial charge in [0, 0.05) is 37.2 Å². The van der Waals surface area contributed by atoms with E-state index in [4.69, 9.17) is 10.00 Å². The Morgan fingerprint density at radius 2 is 2.04 bits per heavy atom. The Hall–Kier alpha value is -3.25. The van der Waals surface area contributed by atoms with Gasteiger partial charge in [0.2, 0.25) is 0 Å². The SMILES string of the molecule is N#CC(=CN1CCOCC1)C(=O)NC=NNC(=O)c1ccncc1. The lowest BCUT2D eigenvalue weighted by Crippen LogP contribution is -2.34. The maximum absolute atomic E-state index is 11.9. The van der Waals surface area contributed by atoms with E-state index in [-0.39, 0.29) is 5.57 Å². The number of nitrogens with zero attached hydrogens (tertiary/aromatic N) is 4. The summed E-state index contributed by atoms with van der Waals surface area (Å²) in [5.41, 5.74) is 2.59. The first kappa shape index (κ1) is 17.1. The number of hydrogen-bond acceptors (Lipinski definition) is 7. The summed E-state index contributed by atoms with van der Waals surface area (Å²) in [6, 6.07) is 4.90. The van der Waals surface area contributed by atoms with Gasteiger partial charge in [0.1, 0.15) is 18.0 Å². The van der Waals surface area contributed by atoms with Crippen molar-refractivity contribution in [1.82, 2.24) is 20.6 Å². The second kappa shape index (κ2) is 9.02. The Bertz CT molecular complexity index is 674. The van der Waals surface area contributed by atoms with Gasteiger partial charge in [-0.2, -0.15) is 10.4 Å². The molecule has 0 aliphatic carbocycles. The molecule has 0 aromatic carbocycles.